The maximum absolute atomic E-state index is 11.5. The maximum atomic E-state index is 11.5. The van der Waals surface area contributed by atoms with Gasteiger partial charge in [0.05, 0.1) is 0 Å². The second-order valence-electron chi connectivity index (χ2n) is 2.98. The molecule has 0 unspecified atom stereocenters. The first-order chi connectivity index (χ1) is 7.54. The summed E-state index contributed by atoms with van der Waals surface area (Å²) >= 11 is 5.35. The lowest BCUT2D eigenvalue weighted by molar-refractivity contribution is -0.122. The van der Waals surface area contributed by atoms with Gasteiger partial charge in [-0.15, -0.1) is 11.6 Å². The molecule has 0 aliphatic carbocycles. The molecule has 0 atom stereocenters. The SMILES string of the molecule is CCN(CC(=O)NC)C(=O)NC(=O)CCCl. The van der Waals surface area contributed by atoms with Crippen LogP contribution in [0.5, 0.6) is 0 Å². The Hall–Kier alpha value is -1.30. The van der Waals surface area contributed by atoms with Crippen LogP contribution in [0.4, 0.5) is 4.79 Å². The number of hydrogen-bond acceptors (Lipinski definition) is 3. The molecule has 92 valence electrons. The lowest BCUT2D eigenvalue weighted by Crippen LogP contribution is -2.46. The van der Waals surface area contributed by atoms with Crippen LogP contribution in [0, 0.1) is 0 Å². The molecule has 2 N–H and O–H groups in total. The molecule has 6 nitrogen and oxygen atoms in total. The number of halogens is 1. The molecule has 0 aliphatic rings. The first-order valence-corrected chi connectivity index (χ1v) is 5.43. The highest BCUT2D eigenvalue weighted by molar-refractivity contribution is 6.19. The third-order valence-corrected chi connectivity index (χ3v) is 2.04. The summed E-state index contributed by atoms with van der Waals surface area (Å²) in [6.07, 6.45) is 0.0742. The third kappa shape index (κ3) is 5.55. The zero-order valence-corrected chi connectivity index (χ0v) is 10.1. The van der Waals surface area contributed by atoms with Crippen molar-refractivity contribution < 1.29 is 14.4 Å². The van der Waals surface area contributed by atoms with Crippen molar-refractivity contribution in [2.75, 3.05) is 26.0 Å². The quantitative estimate of drug-likeness (QED) is 0.669. The van der Waals surface area contributed by atoms with Crippen molar-refractivity contribution in [1.82, 2.24) is 15.5 Å². The summed E-state index contributed by atoms with van der Waals surface area (Å²) in [7, 11) is 1.48. The van der Waals surface area contributed by atoms with E-state index >= 15 is 0 Å². The van der Waals surface area contributed by atoms with E-state index in [2.05, 4.69) is 10.6 Å². The molecule has 0 rings (SSSR count). The Morgan fingerprint density at radius 2 is 1.88 bits per heavy atom. The van der Waals surface area contributed by atoms with Gasteiger partial charge in [0.2, 0.25) is 11.8 Å². The van der Waals surface area contributed by atoms with E-state index in [1.807, 2.05) is 0 Å². The number of nitrogens with zero attached hydrogens (tertiary/aromatic N) is 1. The fourth-order valence-corrected chi connectivity index (χ4v) is 1.10. The summed E-state index contributed by atoms with van der Waals surface area (Å²) in [6.45, 7) is 1.98. The molecular formula is C9H16ClN3O3. The van der Waals surface area contributed by atoms with Gasteiger partial charge in [0.15, 0.2) is 0 Å². The van der Waals surface area contributed by atoms with Gasteiger partial charge in [0.1, 0.15) is 6.54 Å². The summed E-state index contributed by atoms with van der Waals surface area (Å²) in [5.74, 6) is -0.585. The van der Waals surface area contributed by atoms with Gasteiger partial charge >= 0.3 is 6.03 Å². The van der Waals surface area contributed by atoms with Gasteiger partial charge in [-0.3, -0.25) is 14.9 Å². The van der Waals surface area contributed by atoms with Crippen LogP contribution in [-0.2, 0) is 9.59 Å². The van der Waals surface area contributed by atoms with Gasteiger partial charge in [0.25, 0.3) is 0 Å². The van der Waals surface area contributed by atoms with Crippen molar-refractivity contribution in [2.45, 2.75) is 13.3 Å². The molecule has 0 aromatic heterocycles. The fourth-order valence-electron chi connectivity index (χ4n) is 0.926. The number of nitrogens with one attached hydrogen (secondary N) is 2. The normalized spacial score (nSPS) is 9.44. The van der Waals surface area contributed by atoms with Crippen LogP contribution in [0.2, 0.25) is 0 Å². The minimum Gasteiger partial charge on any atom is -0.358 e. The summed E-state index contributed by atoms with van der Waals surface area (Å²) in [5, 5.41) is 4.54. The second-order valence-corrected chi connectivity index (χ2v) is 3.36. The smallest absolute Gasteiger partial charge is 0.324 e. The first kappa shape index (κ1) is 14.7. The second kappa shape index (κ2) is 7.92. The number of hydrogen-bond donors (Lipinski definition) is 2. The Morgan fingerprint density at radius 3 is 2.31 bits per heavy atom. The number of amides is 4. The van der Waals surface area contributed by atoms with E-state index in [4.69, 9.17) is 11.6 Å². The molecule has 0 heterocycles. The van der Waals surface area contributed by atoms with E-state index in [0.29, 0.717) is 6.54 Å². The first-order valence-electron chi connectivity index (χ1n) is 4.90. The largest absolute Gasteiger partial charge is 0.358 e. The van der Waals surface area contributed by atoms with Crippen LogP contribution in [0.25, 0.3) is 0 Å². The molecule has 0 aromatic carbocycles. The number of alkyl halides is 1. The highest BCUT2D eigenvalue weighted by atomic mass is 35.5. The summed E-state index contributed by atoms with van der Waals surface area (Å²) in [5.41, 5.74) is 0. The number of imide groups is 1. The fraction of sp³-hybridized carbons (Fsp3) is 0.667. The highest BCUT2D eigenvalue weighted by Gasteiger charge is 2.16. The van der Waals surface area contributed by atoms with Crippen LogP contribution in [0.3, 0.4) is 0 Å². The highest BCUT2D eigenvalue weighted by Crippen LogP contribution is 1.91. The molecule has 0 aliphatic heterocycles. The Morgan fingerprint density at radius 1 is 1.25 bits per heavy atom. The molecule has 0 aromatic rings. The predicted octanol–water partition coefficient (Wildman–Crippen LogP) is -0.0806. The van der Waals surface area contributed by atoms with E-state index in [1.165, 1.54) is 11.9 Å². The lowest BCUT2D eigenvalue weighted by Gasteiger charge is -2.19. The van der Waals surface area contributed by atoms with Crippen LogP contribution in [0.15, 0.2) is 0 Å². The van der Waals surface area contributed by atoms with E-state index in [9.17, 15) is 14.4 Å². The van der Waals surface area contributed by atoms with Gasteiger partial charge in [-0.2, -0.15) is 0 Å². The van der Waals surface area contributed by atoms with Crippen molar-refractivity contribution in [3.63, 3.8) is 0 Å². The minimum atomic E-state index is -0.582. The Kier molecular flexibility index (Phi) is 7.28. The van der Waals surface area contributed by atoms with Gasteiger partial charge in [-0.05, 0) is 6.92 Å². The monoisotopic (exact) mass is 249 g/mol. The minimum absolute atomic E-state index is 0.0742. The molecule has 0 radical (unpaired) electrons. The average molecular weight is 250 g/mol. The van der Waals surface area contributed by atoms with Crippen molar-refractivity contribution in [2.24, 2.45) is 0 Å². The summed E-state index contributed by atoms with van der Waals surface area (Å²) in [6, 6.07) is -0.582. The topological polar surface area (TPSA) is 78.5 Å². The molecule has 16 heavy (non-hydrogen) atoms. The molecule has 0 bridgehead atoms. The number of carbonyl (C=O) groups is 3. The van der Waals surface area contributed by atoms with Gasteiger partial charge in [-0.25, -0.2) is 4.79 Å². The Labute approximate surface area is 99.3 Å². The van der Waals surface area contributed by atoms with E-state index in [0.717, 1.165) is 0 Å². The van der Waals surface area contributed by atoms with E-state index in [-0.39, 0.29) is 24.8 Å². The number of urea groups is 1. The van der Waals surface area contributed by atoms with Crippen molar-refractivity contribution in [3.05, 3.63) is 0 Å². The van der Waals surface area contributed by atoms with Crippen molar-refractivity contribution >= 4 is 29.4 Å². The molecule has 7 heteroatoms. The molecular weight excluding hydrogens is 234 g/mol. The zero-order valence-electron chi connectivity index (χ0n) is 9.38. The average Bonchev–Trinajstić information content (AvgIpc) is 2.25. The van der Waals surface area contributed by atoms with Gasteiger partial charge in [-0.1, -0.05) is 0 Å². The zero-order chi connectivity index (χ0) is 12.6. The Bertz CT molecular complexity index is 271. The van der Waals surface area contributed by atoms with Gasteiger partial charge < -0.3 is 10.2 Å². The molecule has 4 amide bonds. The number of likely N-dealkylation sites (N-methyl/N-ethyl adjacent to an activating group) is 2. The third-order valence-electron chi connectivity index (χ3n) is 1.85. The van der Waals surface area contributed by atoms with Crippen LogP contribution in [0.1, 0.15) is 13.3 Å². The maximum Gasteiger partial charge on any atom is 0.324 e. The van der Waals surface area contributed by atoms with Crippen LogP contribution < -0.4 is 10.6 Å². The van der Waals surface area contributed by atoms with E-state index < -0.39 is 11.9 Å². The molecule has 0 spiro atoms. The lowest BCUT2D eigenvalue weighted by atomic mass is 10.4. The predicted molar refractivity (Wildman–Crippen MR) is 60.2 cm³/mol. The summed E-state index contributed by atoms with van der Waals surface area (Å²) in [4.78, 5) is 34.9. The number of rotatable bonds is 5. The van der Waals surface area contributed by atoms with Crippen LogP contribution in [-0.4, -0.2) is 48.8 Å². The standard InChI is InChI=1S/C9H16ClN3O3/c1-3-13(6-8(15)11-2)9(16)12-7(14)4-5-10/h3-6H2,1-2H3,(H,11,15)(H,12,14,16). The Balaban J connectivity index is 4.20. The summed E-state index contributed by atoms with van der Waals surface area (Å²) < 4.78 is 0. The van der Waals surface area contributed by atoms with Crippen molar-refractivity contribution in [3.8, 4) is 0 Å². The molecule has 0 fully saturated rings. The van der Waals surface area contributed by atoms with E-state index in [1.54, 1.807) is 6.92 Å². The van der Waals surface area contributed by atoms with Crippen molar-refractivity contribution in [1.29, 1.82) is 0 Å². The molecule has 0 saturated heterocycles. The van der Waals surface area contributed by atoms with Crippen LogP contribution >= 0.6 is 11.6 Å². The van der Waals surface area contributed by atoms with Gasteiger partial charge in [0, 0.05) is 25.9 Å². The number of carbonyl (C=O) groups excluding carboxylic acids is 3. The molecule has 0 saturated carbocycles.